The number of aromatic hydroxyl groups is 2. The van der Waals surface area contributed by atoms with Gasteiger partial charge in [-0.05, 0) is 146 Å². The zero-order valence-corrected chi connectivity index (χ0v) is 46.2. The molecule has 412 valence electrons. The highest BCUT2D eigenvalue weighted by Gasteiger charge is 2.31. The van der Waals surface area contributed by atoms with Gasteiger partial charge in [0.05, 0.1) is 32.1 Å². The fourth-order valence-corrected chi connectivity index (χ4v) is 12.9. The van der Waals surface area contributed by atoms with E-state index in [4.69, 9.17) is 23.2 Å². The van der Waals surface area contributed by atoms with E-state index in [1.165, 1.54) is 21.3 Å². The van der Waals surface area contributed by atoms with E-state index in [0.717, 1.165) is 40.9 Å². The molecule has 2 amide bonds. The lowest BCUT2D eigenvalue weighted by Gasteiger charge is -2.33. The number of likely N-dealkylation sites (tertiary alicyclic amines) is 3. The van der Waals surface area contributed by atoms with Crippen molar-refractivity contribution in [2.45, 2.75) is 69.7 Å². The van der Waals surface area contributed by atoms with E-state index < -0.39 is 28.3 Å². The van der Waals surface area contributed by atoms with Crippen molar-refractivity contribution < 1.29 is 19.8 Å². The van der Waals surface area contributed by atoms with E-state index in [1.54, 1.807) is 61.4 Å². The summed E-state index contributed by atoms with van der Waals surface area (Å²) in [6.45, 7) is 7.09. The Morgan fingerprint density at radius 3 is 1.60 bits per heavy atom. The molecular formula is C62H62Cl2N8O8. The molecule has 0 bridgehead atoms. The Hall–Kier alpha value is -7.76. The first-order valence-electron chi connectivity index (χ1n) is 27.3. The molecule has 11 rings (SSSR count). The number of nitrogens with zero attached hydrogens (tertiary/aromatic N) is 8. The van der Waals surface area contributed by atoms with Crippen LogP contribution in [0.2, 0.25) is 10.0 Å². The smallest absolute Gasteiger partial charge is 0.317 e. The molecule has 2 aromatic heterocycles. The molecule has 3 fully saturated rings. The van der Waals surface area contributed by atoms with Gasteiger partial charge in [-0.15, -0.1) is 0 Å². The van der Waals surface area contributed by atoms with Crippen molar-refractivity contribution >= 4 is 78.6 Å². The second kappa shape index (κ2) is 22.4. The van der Waals surface area contributed by atoms with Crippen LogP contribution in [0.3, 0.4) is 0 Å². The molecule has 3 saturated heterocycles. The van der Waals surface area contributed by atoms with Gasteiger partial charge in [-0.25, -0.2) is 0 Å². The average Bonchev–Trinajstić information content (AvgIpc) is 3.95. The van der Waals surface area contributed by atoms with Crippen molar-refractivity contribution in [2.24, 2.45) is 0 Å². The normalized spacial score (nSPS) is 16.8. The molecule has 3 aliphatic heterocycles. The number of phenolic OH excluding ortho intramolecular Hbond substituents is 2. The highest BCUT2D eigenvalue weighted by molar-refractivity contribution is 6.35. The van der Waals surface area contributed by atoms with E-state index in [9.17, 15) is 39.0 Å². The van der Waals surface area contributed by atoms with Gasteiger partial charge in [-0.1, -0.05) is 84.4 Å². The van der Waals surface area contributed by atoms with Crippen LogP contribution in [0.15, 0.2) is 141 Å². The summed E-state index contributed by atoms with van der Waals surface area (Å²) in [7, 11) is 3.89. The van der Waals surface area contributed by atoms with Crippen LogP contribution in [0.4, 0.5) is 0 Å². The van der Waals surface area contributed by atoms with Gasteiger partial charge in [-0.2, -0.15) is 0 Å². The van der Waals surface area contributed by atoms with Crippen LogP contribution in [0.1, 0.15) is 50.6 Å². The van der Waals surface area contributed by atoms with E-state index in [2.05, 4.69) is 11.5 Å². The van der Waals surface area contributed by atoms with Gasteiger partial charge in [0.25, 0.3) is 0 Å². The molecule has 5 heterocycles. The van der Waals surface area contributed by atoms with Crippen LogP contribution in [0.25, 0.3) is 65.9 Å². The molecule has 0 aliphatic carbocycles. The first kappa shape index (κ1) is 54.2. The Bertz CT molecular complexity index is 4090. The van der Waals surface area contributed by atoms with Gasteiger partial charge in [-0.3, -0.25) is 37.9 Å². The number of rotatable bonds is 13. The topological polar surface area (TPSA) is 176 Å². The fourth-order valence-electron chi connectivity index (χ4n) is 12.4. The number of carbonyl (C=O) groups excluding carboxylic acids is 2. The number of aromatic nitrogens is 4. The summed E-state index contributed by atoms with van der Waals surface area (Å²) >= 11 is 14.3. The van der Waals surface area contributed by atoms with Crippen LogP contribution in [-0.2, 0) is 22.7 Å². The summed E-state index contributed by atoms with van der Waals surface area (Å²) < 4.78 is 6.17. The fraction of sp³-hybridized carbons (Fsp3) is 0.323. The number of halogens is 2. The number of piperidine rings is 2. The van der Waals surface area contributed by atoms with Gasteiger partial charge in [0.2, 0.25) is 11.8 Å². The van der Waals surface area contributed by atoms with Crippen LogP contribution in [-0.4, -0.2) is 126 Å². The Kier molecular flexibility index (Phi) is 15.2. The summed E-state index contributed by atoms with van der Waals surface area (Å²) in [6.07, 6.45) is 8.17. The number of fused-ring (bicyclic) bond motifs is 4. The Balaban J connectivity index is 0.821. The number of benzene rings is 6. The molecular weight excluding hydrogens is 1060 g/mol. The SMILES string of the molecule is C=CC(=O)N1CCC(n2c(=O)c(=O)n(CCN(C)C/C=C\C(=O)N3CCC(n4c(=O)c(=O)n(C[C@@H]5CCCN5C)c5cc(-c6cc(O)cc7ccccc67)c(Cl)cc54)CC3)c3cc(-c4cc(O)cc5ccccc45)c(Cl)cc32)CC1. The molecule has 0 spiro atoms. The van der Waals surface area contributed by atoms with E-state index in [1.807, 2.05) is 79.7 Å². The first-order chi connectivity index (χ1) is 38.6. The minimum atomic E-state index is -0.707. The number of phenols is 2. The lowest BCUT2D eigenvalue weighted by atomic mass is 9.96. The third kappa shape index (κ3) is 10.3. The van der Waals surface area contributed by atoms with Gasteiger partial charge >= 0.3 is 22.2 Å². The summed E-state index contributed by atoms with van der Waals surface area (Å²) in [5.41, 5.74) is 1.97. The Morgan fingerprint density at radius 1 is 0.613 bits per heavy atom. The third-order valence-corrected chi connectivity index (χ3v) is 17.3. The van der Waals surface area contributed by atoms with Gasteiger partial charge in [0, 0.05) is 87.7 Å². The van der Waals surface area contributed by atoms with Gasteiger partial charge in [0.1, 0.15) is 11.5 Å². The van der Waals surface area contributed by atoms with Crippen molar-refractivity contribution in [1.29, 1.82) is 0 Å². The largest absolute Gasteiger partial charge is 0.508 e. The molecule has 1 atom stereocenters. The maximum Gasteiger partial charge on any atom is 0.317 e. The number of amides is 2. The molecule has 0 unspecified atom stereocenters. The lowest BCUT2D eigenvalue weighted by molar-refractivity contribution is -0.128. The molecule has 0 radical (unpaired) electrons. The van der Waals surface area contributed by atoms with Crippen molar-refractivity contribution in [2.75, 3.05) is 59.9 Å². The van der Waals surface area contributed by atoms with Crippen molar-refractivity contribution in [3.8, 4) is 33.8 Å². The molecule has 2 N–H and O–H groups in total. The zero-order chi connectivity index (χ0) is 56.1. The van der Waals surface area contributed by atoms with Gasteiger partial charge in [0.15, 0.2) is 0 Å². The van der Waals surface area contributed by atoms with Gasteiger partial charge < -0.3 is 38.9 Å². The summed E-state index contributed by atoms with van der Waals surface area (Å²) in [5.74, 6) is -0.273. The summed E-state index contributed by atoms with van der Waals surface area (Å²) in [6, 6.07) is 28.4. The second-order valence-corrected chi connectivity index (χ2v) is 22.4. The monoisotopic (exact) mass is 1120 g/mol. The standard InChI is InChI=1S/C62H62Cl2N8O8/c1-4-57(75)67-23-17-40(18-24-67)71-55-35-51(63)49(47-31-43(73)29-38-11-5-7-14-45(38)47)33-53(55)69(59(77)61(71)79)28-27-65(2)21-10-16-58(76)68-25-19-41(20-26-68)72-56-36-52(64)50(48-32-44(74)30-39-12-6-8-15-46(39)48)34-54(56)70(60(78)62(72)80)37-42-13-9-22-66(42)3/h4-8,10-12,14-16,29-36,40-42,73-74H,1,9,13,17-28,37H2,2-3H3/b16-10-/t42-/m0/s1. The molecule has 6 aromatic carbocycles. The Morgan fingerprint density at radius 2 is 1.10 bits per heavy atom. The van der Waals surface area contributed by atoms with E-state index in [0.29, 0.717) is 126 Å². The second-order valence-electron chi connectivity index (χ2n) is 21.6. The summed E-state index contributed by atoms with van der Waals surface area (Å²) in [4.78, 5) is 91.0. The molecule has 16 nitrogen and oxygen atoms in total. The van der Waals surface area contributed by atoms with Crippen molar-refractivity contribution in [1.82, 2.24) is 37.9 Å². The highest BCUT2D eigenvalue weighted by atomic mass is 35.5. The number of hydrogen-bond donors (Lipinski definition) is 2. The average molecular weight is 1120 g/mol. The molecule has 8 aromatic rings. The molecule has 80 heavy (non-hydrogen) atoms. The third-order valence-electron chi connectivity index (χ3n) is 16.7. The molecule has 3 aliphatic rings. The number of likely N-dealkylation sites (N-methyl/N-ethyl adjacent to an activating group) is 2. The maximum absolute atomic E-state index is 14.3. The molecule has 18 heteroatoms. The molecule has 0 saturated carbocycles. The van der Waals surface area contributed by atoms with Crippen molar-refractivity contribution in [3.05, 3.63) is 173 Å². The summed E-state index contributed by atoms with van der Waals surface area (Å²) in [5, 5.41) is 25.6. The minimum absolute atomic E-state index is 0.0463. The highest BCUT2D eigenvalue weighted by Crippen LogP contribution is 2.41. The quantitative estimate of drug-likeness (QED) is 0.0839. The van der Waals surface area contributed by atoms with Crippen LogP contribution in [0, 0.1) is 0 Å². The van der Waals surface area contributed by atoms with E-state index >= 15 is 0 Å². The number of carbonyl (C=O) groups is 2. The van der Waals surface area contributed by atoms with Crippen LogP contribution in [0.5, 0.6) is 11.5 Å². The van der Waals surface area contributed by atoms with E-state index in [-0.39, 0.29) is 41.9 Å². The number of hydrogen-bond acceptors (Lipinski definition) is 10. The zero-order valence-electron chi connectivity index (χ0n) is 44.7. The van der Waals surface area contributed by atoms with Crippen LogP contribution >= 0.6 is 23.2 Å². The van der Waals surface area contributed by atoms with Crippen molar-refractivity contribution in [3.63, 3.8) is 0 Å². The van der Waals surface area contributed by atoms with Crippen LogP contribution < -0.4 is 22.2 Å². The lowest BCUT2D eigenvalue weighted by Crippen LogP contribution is -2.47. The maximum atomic E-state index is 14.3. The predicted molar refractivity (Wildman–Crippen MR) is 316 cm³/mol. The first-order valence-corrected chi connectivity index (χ1v) is 28.0. The Labute approximate surface area is 470 Å². The minimum Gasteiger partial charge on any atom is -0.508 e. The predicted octanol–water partition coefficient (Wildman–Crippen LogP) is 8.79.